The Hall–Kier alpha value is -2.07. The van der Waals surface area contributed by atoms with E-state index in [-0.39, 0.29) is 5.56 Å². The Bertz CT molecular complexity index is 801. The molecule has 0 heterocycles. The summed E-state index contributed by atoms with van der Waals surface area (Å²) in [6.45, 7) is 5.28. The molecule has 120 valence electrons. The van der Waals surface area contributed by atoms with E-state index in [1.54, 1.807) is 38.1 Å². The lowest BCUT2D eigenvalue weighted by Gasteiger charge is -2.27. The molecule has 0 amide bonds. The first-order valence-electron chi connectivity index (χ1n) is 7.35. The second kappa shape index (κ2) is 4.96. The molecule has 1 atom stereocenters. The fourth-order valence-corrected chi connectivity index (χ4v) is 3.19. The van der Waals surface area contributed by atoms with Gasteiger partial charge in [-0.3, -0.25) is 0 Å². The highest BCUT2D eigenvalue weighted by Gasteiger charge is 2.58. The zero-order valence-electron chi connectivity index (χ0n) is 13.1. The normalized spacial score (nSPS) is 20.4. The van der Waals surface area contributed by atoms with Crippen LogP contribution in [0.2, 0.25) is 0 Å². The van der Waals surface area contributed by atoms with Gasteiger partial charge in [-0.05, 0) is 54.7 Å². The molecule has 1 unspecified atom stereocenters. The Morgan fingerprint density at radius 1 is 0.870 bits per heavy atom. The van der Waals surface area contributed by atoms with E-state index >= 15 is 0 Å². The first kappa shape index (κ1) is 15.8. The van der Waals surface area contributed by atoms with E-state index in [2.05, 4.69) is 0 Å². The van der Waals surface area contributed by atoms with E-state index in [1.165, 1.54) is 0 Å². The summed E-state index contributed by atoms with van der Waals surface area (Å²) in [5.41, 5.74) is 0.764. The van der Waals surface area contributed by atoms with E-state index in [0.717, 1.165) is 17.2 Å². The van der Waals surface area contributed by atoms with Gasteiger partial charge in [-0.1, -0.05) is 42.0 Å². The molecule has 0 spiro atoms. The highest BCUT2D eigenvalue weighted by Crippen LogP contribution is 2.52. The second-order valence-corrected chi connectivity index (χ2v) is 6.14. The highest BCUT2D eigenvalue weighted by molar-refractivity contribution is 5.89. The van der Waals surface area contributed by atoms with Crippen molar-refractivity contribution in [1.82, 2.24) is 0 Å². The second-order valence-electron chi connectivity index (χ2n) is 6.14. The minimum atomic E-state index is -4.77. The molecule has 0 aliphatic heterocycles. The van der Waals surface area contributed by atoms with Gasteiger partial charge in [-0.15, -0.1) is 0 Å². The topological polar surface area (TPSA) is 20.2 Å². The molecular weight excluding hydrogens is 301 g/mol. The van der Waals surface area contributed by atoms with Crippen molar-refractivity contribution in [2.45, 2.75) is 32.5 Å². The van der Waals surface area contributed by atoms with Gasteiger partial charge in [0.05, 0.1) is 0 Å². The summed E-state index contributed by atoms with van der Waals surface area (Å²) >= 11 is 0. The molecule has 2 aromatic carbocycles. The summed E-state index contributed by atoms with van der Waals surface area (Å²) in [6, 6.07) is 10.7. The number of halogens is 3. The SMILES string of the molecule is Cc1ccc(C2=CC(O)(C(F)(F)F)c3c(C)ccc(C)c32)cc1. The van der Waals surface area contributed by atoms with E-state index in [0.29, 0.717) is 22.3 Å². The zero-order chi connectivity index (χ0) is 17.0. The number of hydrogen-bond acceptors (Lipinski definition) is 1. The fraction of sp³-hybridized carbons (Fsp3) is 0.263. The smallest absolute Gasteiger partial charge is 0.373 e. The van der Waals surface area contributed by atoms with E-state index in [1.807, 2.05) is 19.1 Å². The number of aryl methyl sites for hydroxylation is 3. The Kier molecular flexibility index (Phi) is 3.41. The van der Waals surface area contributed by atoms with Crippen molar-refractivity contribution in [3.8, 4) is 0 Å². The molecule has 0 saturated carbocycles. The molecule has 0 saturated heterocycles. The number of aliphatic hydroxyl groups is 1. The predicted molar refractivity (Wildman–Crippen MR) is 84.1 cm³/mol. The lowest BCUT2D eigenvalue weighted by atomic mass is 9.88. The monoisotopic (exact) mass is 318 g/mol. The maximum atomic E-state index is 13.6. The van der Waals surface area contributed by atoms with Gasteiger partial charge in [0.25, 0.3) is 0 Å². The van der Waals surface area contributed by atoms with Crippen molar-refractivity contribution in [3.63, 3.8) is 0 Å². The molecule has 1 aliphatic rings. The van der Waals surface area contributed by atoms with E-state index in [4.69, 9.17) is 0 Å². The Balaban J connectivity index is 2.33. The van der Waals surface area contributed by atoms with Crippen LogP contribution in [0.1, 0.15) is 33.4 Å². The van der Waals surface area contributed by atoms with Crippen molar-refractivity contribution in [3.05, 3.63) is 75.9 Å². The zero-order valence-corrected chi connectivity index (χ0v) is 13.1. The van der Waals surface area contributed by atoms with Crippen LogP contribution in [-0.2, 0) is 5.60 Å². The van der Waals surface area contributed by atoms with Gasteiger partial charge < -0.3 is 5.11 Å². The molecule has 0 radical (unpaired) electrons. The standard InChI is InChI=1S/C19H17F3O/c1-11-4-8-14(9-5-11)15-10-18(23,19(20,21)22)17-13(3)7-6-12(2)16(15)17/h4-10,23H,1-3H3. The fourth-order valence-electron chi connectivity index (χ4n) is 3.19. The molecule has 1 aliphatic carbocycles. The first-order chi connectivity index (χ1) is 10.6. The number of alkyl halides is 3. The van der Waals surface area contributed by atoms with Crippen LogP contribution in [0.4, 0.5) is 13.2 Å². The minimum Gasteiger partial charge on any atom is -0.373 e. The third kappa shape index (κ3) is 2.29. The average Bonchev–Trinajstić information content (AvgIpc) is 2.80. The van der Waals surface area contributed by atoms with Gasteiger partial charge in [0.1, 0.15) is 0 Å². The van der Waals surface area contributed by atoms with Gasteiger partial charge in [0, 0.05) is 5.56 Å². The molecule has 1 nitrogen and oxygen atoms in total. The summed E-state index contributed by atoms with van der Waals surface area (Å²) in [7, 11) is 0. The molecule has 0 bridgehead atoms. The van der Waals surface area contributed by atoms with Crippen molar-refractivity contribution >= 4 is 5.57 Å². The Morgan fingerprint density at radius 3 is 2.00 bits per heavy atom. The molecule has 0 aromatic heterocycles. The van der Waals surface area contributed by atoms with Crippen molar-refractivity contribution in [2.75, 3.05) is 0 Å². The Morgan fingerprint density at radius 2 is 1.43 bits per heavy atom. The van der Waals surface area contributed by atoms with Crippen LogP contribution in [0, 0.1) is 20.8 Å². The lowest BCUT2D eigenvalue weighted by Crippen LogP contribution is -2.39. The van der Waals surface area contributed by atoms with Crippen LogP contribution in [-0.4, -0.2) is 11.3 Å². The van der Waals surface area contributed by atoms with Gasteiger partial charge in [-0.2, -0.15) is 13.2 Å². The third-order valence-corrected chi connectivity index (χ3v) is 4.42. The van der Waals surface area contributed by atoms with E-state index < -0.39 is 11.8 Å². The third-order valence-electron chi connectivity index (χ3n) is 4.42. The van der Waals surface area contributed by atoms with Gasteiger partial charge in [0.15, 0.2) is 0 Å². The van der Waals surface area contributed by atoms with Crippen molar-refractivity contribution in [2.24, 2.45) is 0 Å². The van der Waals surface area contributed by atoms with Crippen LogP contribution in [0.3, 0.4) is 0 Å². The quantitative estimate of drug-likeness (QED) is 0.800. The molecule has 2 aromatic rings. The molecule has 1 N–H and O–H groups in total. The number of benzene rings is 2. The molecular formula is C19H17F3O. The largest absolute Gasteiger partial charge is 0.425 e. The van der Waals surface area contributed by atoms with Gasteiger partial charge >= 0.3 is 6.18 Å². The summed E-state index contributed by atoms with van der Waals surface area (Å²) in [5.74, 6) is 0. The predicted octanol–water partition coefficient (Wildman–Crippen LogP) is 4.81. The first-order valence-corrected chi connectivity index (χ1v) is 7.35. The Labute approximate surface area is 133 Å². The maximum absolute atomic E-state index is 13.6. The number of rotatable bonds is 1. The summed E-state index contributed by atoms with van der Waals surface area (Å²) in [5, 5.41) is 10.5. The van der Waals surface area contributed by atoms with Gasteiger partial charge in [-0.25, -0.2) is 0 Å². The molecule has 0 fully saturated rings. The van der Waals surface area contributed by atoms with Crippen molar-refractivity contribution in [1.29, 1.82) is 0 Å². The summed E-state index contributed by atoms with van der Waals surface area (Å²) in [4.78, 5) is 0. The number of fused-ring (bicyclic) bond motifs is 1. The molecule has 3 rings (SSSR count). The average molecular weight is 318 g/mol. The van der Waals surface area contributed by atoms with Crippen LogP contribution >= 0.6 is 0 Å². The molecule has 23 heavy (non-hydrogen) atoms. The minimum absolute atomic E-state index is 0.0550. The summed E-state index contributed by atoms with van der Waals surface area (Å²) in [6.07, 6.45) is -3.82. The number of hydrogen-bond donors (Lipinski definition) is 1. The van der Waals surface area contributed by atoms with Crippen LogP contribution in [0.5, 0.6) is 0 Å². The maximum Gasteiger partial charge on any atom is 0.425 e. The lowest BCUT2D eigenvalue weighted by molar-refractivity contribution is -0.244. The van der Waals surface area contributed by atoms with Gasteiger partial charge in [0.2, 0.25) is 5.60 Å². The van der Waals surface area contributed by atoms with Crippen LogP contribution in [0.25, 0.3) is 5.57 Å². The van der Waals surface area contributed by atoms with Crippen LogP contribution in [0.15, 0.2) is 42.5 Å². The highest BCUT2D eigenvalue weighted by atomic mass is 19.4. The van der Waals surface area contributed by atoms with Crippen molar-refractivity contribution < 1.29 is 18.3 Å². The van der Waals surface area contributed by atoms with Crippen LogP contribution < -0.4 is 0 Å². The summed E-state index contributed by atoms with van der Waals surface area (Å²) < 4.78 is 40.8. The van der Waals surface area contributed by atoms with E-state index in [9.17, 15) is 18.3 Å². The molecule has 4 heteroatoms.